The molecule has 3 fully saturated rings. The summed E-state index contributed by atoms with van der Waals surface area (Å²) in [5.41, 5.74) is 0. The zero-order valence-corrected chi connectivity index (χ0v) is 15.0. The van der Waals surface area contributed by atoms with Gasteiger partial charge in [0.15, 0.2) is 0 Å². The Labute approximate surface area is 146 Å². The summed E-state index contributed by atoms with van der Waals surface area (Å²) >= 11 is 0. The molecule has 2 saturated carbocycles. The van der Waals surface area contributed by atoms with Crippen molar-refractivity contribution in [3.63, 3.8) is 0 Å². The molecular weight excluding hydrogens is 302 g/mol. The zero-order chi connectivity index (χ0) is 16.8. The number of likely N-dealkylation sites (tertiary alicyclic amines) is 1. The van der Waals surface area contributed by atoms with Crippen molar-refractivity contribution in [1.29, 1.82) is 0 Å². The second-order valence-corrected chi connectivity index (χ2v) is 8.05. The van der Waals surface area contributed by atoms with Gasteiger partial charge in [0, 0.05) is 30.7 Å². The van der Waals surface area contributed by atoms with Crippen LogP contribution in [0.3, 0.4) is 0 Å². The van der Waals surface area contributed by atoms with E-state index < -0.39 is 0 Å². The van der Waals surface area contributed by atoms with Crippen LogP contribution in [0.25, 0.3) is 0 Å². The highest BCUT2D eigenvalue weighted by molar-refractivity contribution is 5.74. The normalized spacial score (nSPS) is 35.4. The van der Waals surface area contributed by atoms with E-state index in [1.165, 1.54) is 51.6 Å². The highest BCUT2D eigenvalue weighted by atomic mass is 16.3. The number of urea groups is 1. The van der Waals surface area contributed by atoms with E-state index >= 15 is 0 Å². The van der Waals surface area contributed by atoms with E-state index in [1.54, 1.807) is 0 Å². The Morgan fingerprint density at radius 2 is 1.58 bits per heavy atom. The van der Waals surface area contributed by atoms with Crippen molar-refractivity contribution in [3.05, 3.63) is 0 Å². The second kappa shape index (κ2) is 9.04. The molecule has 1 aliphatic heterocycles. The van der Waals surface area contributed by atoms with E-state index in [9.17, 15) is 9.90 Å². The average Bonchev–Trinajstić information content (AvgIpc) is 2.63. The smallest absolute Gasteiger partial charge is 0.315 e. The number of aliphatic hydroxyl groups excluding tert-OH is 1. The average molecular weight is 338 g/mol. The Hall–Kier alpha value is -0.810. The van der Waals surface area contributed by atoms with Gasteiger partial charge in [-0.2, -0.15) is 0 Å². The van der Waals surface area contributed by atoms with Gasteiger partial charge in [0.25, 0.3) is 0 Å². The third-order valence-electron chi connectivity index (χ3n) is 6.40. The molecule has 5 nitrogen and oxygen atoms in total. The second-order valence-electron chi connectivity index (χ2n) is 8.05. The molecule has 0 unspecified atom stereocenters. The summed E-state index contributed by atoms with van der Waals surface area (Å²) in [4.78, 5) is 15.0. The molecule has 3 N–H and O–H groups in total. The van der Waals surface area contributed by atoms with Gasteiger partial charge < -0.3 is 20.6 Å². The molecule has 0 aromatic heterocycles. The van der Waals surface area contributed by atoms with Gasteiger partial charge in [0.2, 0.25) is 0 Å². The Morgan fingerprint density at radius 1 is 0.875 bits per heavy atom. The van der Waals surface area contributed by atoms with Crippen LogP contribution in [-0.4, -0.2) is 53.9 Å². The number of amides is 2. The van der Waals surface area contributed by atoms with Crippen LogP contribution in [0.2, 0.25) is 0 Å². The molecule has 0 aromatic carbocycles. The lowest BCUT2D eigenvalue weighted by atomic mass is 9.85. The van der Waals surface area contributed by atoms with Crippen LogP contribution in [0.1, 0.15) is 70.6 Å². The number of hydrogen-bond acceptors (Lipinski definition) is 3. The Morgan fingerprint density at radius 3 is 2.29 bits per heavy atom. The zero-order valence-electron chi connectivity index (χ0n) is 15.0. The summed E-state index contributed by atoms with van der Waals surface area (Å²) in [5, 5.41) is 15.8. The summed E-state index contributed by atoms with van der Waals surface area (Å²) in [5.74, 6) is 0.235. The van der Waals surface area contributed by atoms with Crippen LogP contribution in [0, 0.1) is 5.92 Å². The molecule has 24 heavy (non-hydrogen) atoms. The third-order valence-corrected chi connectivity index (χ3v) is 6.40. The van der Waals surface area contributed by atoms with Crippen molar-refractivity contribution in [2.45, 2.75) is 88.8 Å². The number of hydrogen-bond donors (Lipinski definition) is 3. The fourth-order valence-electron chi connectivity index (χ4n) is 4.88. The lowest BCUT2D eigenvalue weighted by molar-refractivity contribution is 0.120. The van der Waals surface area contributed by atoms with E-state index in [4.69, 9.17) is 0 Å². The Kier molecular flexibility index (Phi) is 6.78. The van der Waals surface area contributed by atoms with Crippen LogP contribution in [0.4, 0.5) is 4.79 Å². The summed E-state index contributed by atoms with van der Waals surface area (Å²) in [7, 11) is 0. The minimum absolute atomic E-state index is 0.0261. The van der Waals surface area contributed by atoms with Gasteiger partial charge in [-0.25, -0.2) is 4.79 Å². The molecule has 0 radical (unpaired) electrons. The van der Waals surface area contributed by atoms with E-state index in [2.05, 4.69) is 15.5 Å². The molecule has 0 spiro atoms. The molecular formula is C19H35N3O2. The minimum Gasteiger partial charge on any atom is -0.396 e. The summed E-state index contributed by atoms with van der Waals surface area (Å²) in [6.45, 7) is 2.73. The summed E-state index contributed by atoms with van der Waals surface area (Å²) in [6.07, 6.45) is 13.1. The predicted molar refractivity (Wildman–Crippen MR) is 96.0 cm³/mol. The molecule has 2 amide bonds. The van der Waals surface area contributed by atoms with Crippen LogP contribution in [-0.2, 0) is 0 Å². The van der Waals surface area contributed by atoms with Crippen LogP contribution in [0.15, 0.2) is 0 Å². The van der Waals surface area contributed by atoms with Crippen LogP contribution in [0.5, 0.6) is 0 Å². The number of piperidine rings is 1. The van der Waals surface area contributed by atoms with Gasteiger partial charge in [-0.1, -0.05) is 19.3 Å². The molecule has 138 valence electrons. The van der Waals surface area contributed by atoms with Crippen molar-refractivity contribution in [3.8, 4) is 0 Å². The van der Waals surface area contributed by atoms with E-state index in [0.29, 0.717) is 6.04 Å². The van der Waals surface area contributed by atoms with Gasteiger partial charge >= 0.3 is 6.03 Å². The first-order valence-corrected chi connectivity index (χ1v) is 10.2. The van der Waals surface area contributed by atoms with Gasteiger partial charge in [0.05, 0.1) is 0 Å². The number of carbonyl (C=O) groups is 1. The predicted octanol–water partition coefficient (Wildman–Crippen LogP) is 2.63. The number of nitrogens with zero attached hydrogens (tertiary/aromatic N) is 1. The first-order valence-electron chi connectivity index (χ1n) is 10.2. The lowest BCUT2D eigenvalue weighted by Gasteiger charge is -2.39. The van der Waals surface area contributed by atoms with Crippen LogP contribution < -0.4 is 10.6 Å². The van der Waals surface area contributed by atoms with E-state index in [0.717, 1.165) is 38.1 Å². The van der Waals surface area contributed by atoms with Crippen molar-refractivity contribution in [2.75, 3.05) is 19.7 Å². The fourth-order valence-corrected chi connectivity index (χ4v) is 4.88. The number of rotatable bonds is 4. The SMILES string of the molecule is O=C(NC1CCC(N2CCCCC2)CC1)N[C@H]1CCCC[C@H]1CO. The van der Waals surface area contributed by atoms with Gasteiger partial charge in [0.1, 0.15) is 0 Å². The van der Waals surface area contributed by atoms with Gasteiger partial charge in [-0.05, 0) is 64.5 Å². The lowest BCUT2D eigenvalue weighted by Crippen LogP contribution is -2.51. The monoisotopic (exact) mass is 337 g/mol. The maximum Gasteiger partial charge on any atom is 0.315 e. The van der Waals surface area contributed by atoms with Crippen molar-refractivity contribution in [2.24, 2.45) is 5.92 Å². The molecule has 0 aromatic rings. The molecule has 2 aliphatic carbocycles. The maximum absolute atomic E-state index is 12.3. The van der Waals surface area contributed by atoms with Crippen molar-refractivity contribution in [1.82, 2.24) is 15.5 Å². The first-order chi connectivity index (χ1) is 11.8. The number of aliphatic hydroxyl groups is 1. The molecule has 2 atom stereocenters. The fraction of sp³-hybridized carbons (Fsp3) is 0.947. The molecule has 3 rings (SSSR count). The summed E-state index contributed by atoms with van der Waals surface area (Å²) in [6, 6.07) is 1.18. The molecule has 3 aliphatic rings. The maximum atomic E-state index is 12.3. The molecule has 0 bridgehead atoms. The third kappa shape index (κ3) is 4.85. The minimum atomic E-state index is -0.0261. The quantitative estimate of drug-likeness (QED) is 0.739. The molecule has 1 saturated heterocycles. The molecule has 5 heteroatoms. The Bertz CT molecular complexity index is 390. The highest BCUT2D eigenvalue weighted by Crippen LogP contribution is 2.26. The van der Waals surface area contributed by atoms with Gasteiger partial charge in [-0.3, -0.25) is 0 Å². The van der Waals surface area contributed by atoms with E-state index in [1.807, 2.05) is 0 Å². The van der Waals surface area contributed by atoms with Gasteiger partial charge in [-0.15, -0.1) is 0 Å². The topological polar surface area (TPSA) is 64.6 Å². The largest absolute Gasteiger partial charge is 0.396 e. The number of carbonyl (C=O) groups excluding carboxylic acids is 1. The molecule has 1 heterocycles. The standard InChI is InChI=1S/C19H35N3O2/c23-14-15-6-2-3-7-18(15)21-19(24)20-16-8-10-17(11-9-16)22-12-4-1-5-13-22/h15-18,23H,1-14H2,(H2,20,21,24)/t15-,16?,17?,18-/m0/s1. The van der Waals surface area contributed by atoms with Crippen LogP contribution >= 0.6 is 0 Å². The number of nitrogens with one attached hydrogen (secondary N) is 2. The van der Waals surface area contributed by atoms with Crippen molar-refractivity contribution < 1.29 is 9.90 Å². The van der Waals surface area contributed by atoms with Crippen molar-refractivity contribution >= 4 is 6.03 Å². The highest BCUT2D eigenvalue weighted by Gasteiger charge is 2.29. The summed E-state index contributed by atoms with van der Waals surface area (Å²) < 4.78 is 0. The van der Waals surface area contributed by atoms with E-state index in [-0.39, 0.29) is 24.6 Å². The Balaban J connectivity index is 1.38. The first kappa shape index (κ1) is 18.0.